The maximum absolute atomic E-state index is 13.4. The molecule has 0 bridgehead atoms. The number of halogens is 2. The van der Waals surface area contributed by atoms with Crippen LogP contribution >= 0.6 is 11.8 Å². The van der Waals surface area contributed by atoms with Gasteiger partial charge in [0, 0.05) is 11.7 Å². The molecule has 0 radical (unpaired) electrons. The van der Waals surface area contributed by atoms with E-state index < -0.39 is 17.7 Å². The molecule has 1 aromatic rings. The fourth-order valence-corrected chi connectivity index (χ4v) is 3.46. The standard InChI is InChI=1S/C13H16F2OS/c14-10-5-3-4-9(13(10)15)8-11(16)12-6-1-2-7-17-12/h3-5,11-12,16H,1-2,6-8H2. The van der Waals surface area contributed by atoms with Gasteiger partial charge in [-0.1, -0.05) is 18.6 Å². The molecule has 94 valence electrons. The van der Waals surface area contributed by atoms with Gasteiger partial charge in [0.1, 0.15) is 0 Å². The summed E-state index contributed by atoms with van der Waals surface area (Å²) in [5, 5.41) is 10.2. The Hall–Kier alpha value is -0.610. The topological polar surface area (TPSA) is 20.2 Å². The average molecular weight is 258 g/mol. The third kappa shape index (κ3) is 3.19. The number of thioether (sulfide) groups is 1. The van der Waals surface area contributed by atoms with Crippen LogP contribution in [0.3, 0.4) is 0 Å². The zero-order valence-electron chi connectivity index (χ0n) is 9.53. The second-order valence-electron chi connectivity index (χ2n) is 4.39. The summed E-state index contributed by atoms with van der Waals surface area (Å²) in [5.41, 5.74) is 0.267. The van der Waals surface area contributed by atoms with Crippen molar-refractivity contribution in [3.63, 3.8) is 0 Å². The molecule has 2 rings (SSSR count). The van der Waals surface area contributed by atoms with Gasteiger partial charge in [-0.05, 0) is 30.2 Å². The zero-order valence-corrected chi connectivity index (χ0v) is 10.4. The largest absolute Gasteiger partial charge is 0.392 e. The fourth-order valence-electron chi connectivity index (χ4n) is 2.13. The van der Waals surface area contributed by atoms with Gasteiger partial charge in [-0.2, -0.15) is 11.8 Å². The van der Waals surface area contributed by atoms with E-state index in [1.165, 1.54) is 18.6 Å². The summed E-state index contributed by atoms with van der Waals surface area (Å²) in [7, 11) is 0. The number of rotatable bonds is 3. The minimum atomic E-state index is -0.842. The third-order valence-electron chi connectivity index (χ3n) is 3.10. The molecule has 1 nitrogen and oxygen atoms in total. The van der Waals surface area contributed by atoms with Crippen molar-refractivity contribution < 1.29 is 13.9 Å². The molecule has 0 spiro atoms. The highest BCUT2D eigenvalue weighted by atomic mass is 32.2. The third-order valence-corrected chi connectivity index (χ3v) is 4.61. The molecule has 17 heavy (non-hydrogen) atoms. The molecule has 0 aromatic heterocycles. The fraction of sp³-hybridized carbons (Fsp3) is 0.538. The van der Waals surface area contributed by atoms with E-state index in [9.17, 15) is 13.9 Å². The Balaban J connectivity index is 2.01. The molecule has 4 heteroatoms. The van der Waals surface area contributed by atoms with E-state index in [2.05, 4.69) is 0 Å². The quantitative estimate of drug-likeness (QED) is 0.898. The van der Waals surface area contributed by atoms with Crippen LogP contribution in [0.5, 0.6) is 0 Å². The van der Waals surface area contributed by atoms with Crippen LogP contribution in [0.4, 0.5) is 8.78 Å². The Morgan fingerprint density at radius 1 is 1.35 bits per heavy atom. The lowest BCUT2D eigenvalue weighted by molar-refractivity contribution is 0.164. The van der Waals surface area contributed by atoms with Gasteiger partial charge in [0.05, 0.1) is 6.10 Å². The molecule has 1 N–H and O–H groups in total. The van der Waals surface area contributed by atoms with Crippen LogP contribution in [-0.2, 0) is 6.42 Å². The minimum Gasteiger partial charge on any atom is -0.392 e. The summed E-state index contributed by atoms with van der Waals surface area (Å²) in [6.45, 7) is 0. The van der Waals surface area contributed by atoms with E-state index in [0.717, 1.165) is 24.7 Å². The Morgan fingerprint density at radius 2 is 2.18 bits per heavy atom. The number of aliphatic hydroxyl groups excluding tert-OH is 1. The lowest BCUT2D eigenvalue weighted by Crippen LogP contribution is -2.28. The first-order valence-electron chi connectivity index (χ1n) is 5.91. The van der Waals surface area contributed by atoms with Crippen molar-refractivity contribution in [2.75, 3.05) is 5.75 Å². The number of hydrogen-bond acceptors (Lipinski definition) is 2. The number of aliphatic hydroxyl groups is 1. The molecule has 0 amide bonds. The first-order chi connectivity index (χ1) is 8.18. The van der Waals surface area contributed by atoms with Crippen molar-refractivity contribution in [2.45, 2.75) is 37.0 Å². The highest BCUT2D eigenvalue weighted by Gasteiger charge is 2.23. The molecule has 2 atom stereocenters. The van der Waals surface area contributed by atoms with E-state index in [0.29, 0.717) is 0 Å². The van der Waals surface area contributed by atoms with Crippen molar-refractivity contribution in [2.24, 2.45) is 0 Å². The molecule has 1 fully saturated rings. The van der Waals surface area contributed by atoms with Crippen molar-refractivity contribution >= 4 is 11.8 Å². The minimum absolute atomic E-state index is 0.159. The molecule has 1 aromatic carbocycles. The number of hydrogen-bond donors (Lipinski definition) is 1. The van der Waals surface area contributed by atoms with Crippen LogP contribution in [0.15, 0.2) is 18.2 Å². The lowest BCUT2D eigenvalue weighted by Gasteiger charge is -2.26. The van der Waals surface area contributed by atoms with E-state index in [-0.39, 0.29) is 17.2 Å². The van der Waals surface area contributed by atoms with E-state index >= 15 is 0 Å². The molecule has 0 aliphatic carbocycles. The van der Waals surface area contributed by atoms with Crippen molar-refractivity contribution in [1.29, 1.82) is 0 Å². The van der Waals surface area contributed by atoms with Crippen LogP contribution in [0.25, 0.3) is 0 Å². The lowest BCUT2D eigenvalue weighted by atomic mass is 10.0. The monoisotopic (exact) mass is 258 g/mol. The summed E-state index contributed by atoms with van der Waals surface area (Å²) in [4.78, 5) is 0. The highest BCUT2D eigenvalue weighted by molar-refractivity contribution is 8.00. The summed E-state index contributed by atoms with van der Waals surface area (Å²) >= 11 is 1.73. The van der Waals surface area contributed by atoms with Gasteiger partial charge >= 0.3 is 0 Å². The molecule has 2 unspecified atom stereocenters. The maximum atomic E-state index is 13.4. The van der Waals surface area contributed by atoms with Gasteiger partial charge in [-0.15, -0.1) is 0 Å². The first kappa shape index (κ1) is 12.8. The normalized spacial score (nSPS) is 22.4. The summed E-state index contributed by atoms with van der Waals surface area (Å²) in [5.74, 6) is -0.619. The number of benzene rings is 1. The first-order valence-corrected chi connectivity index (χ1v) is 6.96. The van der Waals surface area contributed by atoms with Gasteiger partial charge in [0.15, 0.2) is 11.6 Å². The van der Waals surface area contributed by atoms with E-state index in [1.807, 2.05) is 0 Å². The van der Waals surface area contributed by atoms with Crippen molar-refractivity contribution in [1.82, 2.24) is 0 Å². The Kier molecular flexibility index (Phi) is 4.40. The second-order valence-corrected chi connectivity index (χ2v) is 5.74. The van der Waals surface area contributed by atoms with Crippen molar-refractivity contribution in [3.8, 4) is 0 Å². The summed E-state index contributed by atoms with van der Waals surface area (Å²) in [6.07, 6.45) is 2.86. The van der Waals surface area contributed by atoms with Crippen molar-refractivity contribution in [3.05, 3.63) is 35.4 Å². The van der Waals surface area contributed by atoms with Gasteiger partial charge in [-0.25, -0.2) is 8.78 Å². The molecule has 0 saturated carbocycles. The van der Waals surface area contributed by atoms with Gasteiger partial charge < -0.3 is 5.11 Å². The molecule has 1 heterocycles. The summed E-state index contributed by atoms with van der Waals surface area (Å²) < 4.78 is 26.4. The average Bonchev–Trinajstić information content (AvgIpc) is 2.36. The van der Waals surface area contributed by atoms with Gasteiger partial charge in [0.25, 0.3) is 0 Å². The molecular weight excluding hydrogens is 242 g/mol. The van der Waals surface area contributed by atoms with Gasteiger partial charge in [0.2, 0.25) is 0 Å². The predicted octanol–water partition coefficient (Wildman–Crippen LogP) is 3.15. The maximum Gasteiger partial charge on any atom is 0.162 e. The highest BCUT2D eigenvalue weighted by Crippen LogP contribution is 2.29. The second kappa shape index (κ2) is 5.83. The summed E-state index contributed by atoms with van der Waals surface area (Å²) in [6, 6.07) is 4.12. The SMILES string of the molecule is OC(Cc1cccc(F)c1F)C1CCCCS1. The molecule has 1 aliphatic heterocycles. The Morgan fingerprint density at radius 3 is 2.88 bits per heavy atom. The van der Waals surface area contributed by atoms with E-state index in [4.69, 9.17) is 0 Å². The van der Waals surface area contributed by atoms with Crippen LogP contribution in [-0.4, -0.2) is 22.2 Å². The van der Waals surface area contributed by atoms with Gasteiger partial charge in [-0.3, -0.25) is 0 Å². The smallest absolute Gasteiger partial charge is 0.162 e. The van der Waals surface area contributed by atoms with Crippen LogP contribution in [0.1, 0.15) is 24.8 Å². The van der Waals surface area contributed by atoms with Crippen LogP contribution in [0, 0.1) is 11.6 Å². The van der Waals surface area contributed by atoms with Crippen LogP contribution < -0.4 is 0 Å². The van der Waals surface area contributed by atoms with E-state index in [1.54, 1.807) is 11.8 Å². The Labute approximate surface area is 104 Å². The van der Waals surface area contributed by atoms with Crippen LogP contribution in [0.2, 0.25) is 0 Å². The molecular formula is C13H16F2OS. The predicted molar refractivity (Wildman–Crippen MR) is 66.2 cm³/mol. The Bertz CT molecular complexity index is 378. The molecule has 1 aliphatic rings. The zero-order chi connectivity index (χ0) is 12.3. The molecule has 1 saturated heterocycles.